The van der Waals surface area contributed by atoms with Crippen LogP contribution in [0.1, 0.15) is 12.6 Å². The van der Waals surface area contributed by atoms with Gasteiger partial charge in [-0.05, 0) is 18.2 Å². The molecule has 0 saturated heterocycles. The van der Waals surface area contributed by atoms with Gasteiger partial charge in [0.2, 0.25) is 5.91 Å². The summed E-state index contributed by atoms with van der Waals surface area (Å²) in [7, 11) is 5.57. The van der Waals surface area contributed by atoms with Gasteiger partial charge in [0.15, 0.2) is 5.82 Å². The van der Waals surface area contributed by atoms with Crippen LogP contribution >= 0.6 is 0 Å². The first kappa shape index (κ1) is 17.0. The first-order valence-corrected chi connectivity index (χ1v) is 8.67. The molecule has 138 valence electrons. The quantitative estimate of drug-likeness (QED) is 0.581. The predicted molar refractivity (Wildman–Crippen MR) is 105 cm³/mol. The molecule has 4 heterocycles. The largest absolute Gasteiger partial charge is 0.371 e. The lowest BCUT2D eigenvalue weighted by Crippen LogP contribution is -2.23. The number of nitrogens with zero attached hydrogens (tertiary/aromatic N) is 5. The third-order valence-electron chi connectivity index (χ3n) is 4.69. The van der Waals surface area contributed by atoms with Crippen molar-refractivity contribution in [3.05, 3.63) is 36.3 Å². The summed E-state index contributed by atoms with van der Waals surface area (Å²) in [5.41, 5.74) is 5.14. The summed E-state index contributed by atoms with van der Waals surface area (Å²) in [6.45, 7) is 2.02. The van der Waals surface area contributed by atoms with Gasteiger partial charge in [-0.3, -0.25) is 4.79 Å². The molecule has 1 amide bonds. The predicted octanol–water partition coefficient (Wildman–Crippen LogP) is 2.53. The van der Waals surface area contributed by atoms with Gasteiger partial charge in [-0.1, -0.05) is 6.07 Å². The van der Waals surface area contributed by atoms with E-state index in [0.717, 1.165) is 45.0 Å². The Morgan fingerprint density at radius 1 is 1.33 bits per heavy atom. The standard InChI is InChI=1S/C19H21N7O/c1-11(27)25(3)9-12-6-5-7-14(22-12)15-8-13-17-16(21-10-26(17)4)19(20-2)24-18(13)23-15/h5-8,10H,9H2,1-4H3,(H2,20,23,24). The van der Waals surface area contributed by atoms with Crippen LogP contribution in [0.5, 0.6) is 0 Å². The van der Waals surface area contributed by atoms with Gasteiger partial charge in [-0.2, -0.15) is 0 Å². The Balaban J connectivity index is 1.82. The van der Waals surface area contributed by atoms with E-state index in [4.69, 9.17) is 4.98 Å². The molecule has 0 fully saturated rings. The van der Waals surface area contributed by atoms with E-state index < -0.39 is 0 Å². The van der Waals surface area contributed by atoms with Gasteiger partial charge in [0, 0.05) is 33.5 Å². The molecule has 0 spiro atoms. The molecule has 0 atom stereocenters. The molecule has 0 aliphatic rings. The third kappa shape index (κ3) is 2.88. The number of aromatic amines is 1. The molecule has 0 unspecified atom stereocenters. The number of hydrogen-bond donors (Lipinski definition) is 2. The van der Waals surface area contributed by atoms with Gasteiger partial charge >= 0.3 is 0 Å². The van der Waals surface area contributed by atoms with E-state index in [-0.39, 0.29) is 5.91 Å². The number of amides is 1. The highest BCUT2D eigenvalue weighted by Gasteiger charge is 2.16. The van der Waals surface area contributed by atoms with Crippen molar-refractivity contribution in [1.29, 1.82) is 0 Å². The first-order chi connectivity index (χ1) is 13.0. The fraction of sp³-hybridized carbons (Fsp3) is 0.263. The molecule has 0 aliphatic heterocycles. The van der Waals surface area contributed by atoms with Crippen LogP contribution in [0.15, 0.2) is 30.6 Å². The van der Waals surface area contributed by atoms with Crippen molar-refractivity contribution in [3.8, 4) is 11.4 Å². The smallest absolute Gasteiger partial charge is 0.219 e. The lowest BCUT2D eigenvalue weighted by molar-refractivity contribution is -0.128. The number of aryl methyl sites for hydroxylation is 1. The summed E-state index contributed by atoms with van der Waals surface area (Å²) in [4.78, 5) is 30.3. The van der Waals surface area contributed by atoms with E-state index in [1.165, 1.54) is 0 Å². The first-order valence-electron chi connectivity index (χ1n) is 8.67. The minimum Gasteiger partial charge on any atom is -0.371 e. The molecule has 0 bridgehead atoms. The molecular formula is C19H21N7O. The number of rotatable bonds is 4. The fourth-order valence-electron chi connectivity index (χ4n) is 3.18. The third-order valence-corrected chi connectivity index (χ3v) is 4.69. The number of carbonyl (C=O) groups is 1. The minimum absolute atomic E-state index is 0.00945. The Kier molecular flexibility index (Phi) is 4.02. The second-order valence-corrected chi connectivity index (χ2v) is 6.60. The number of hydrogen-bond acceptors (Lipinski definition) is 5. The maximum atomic E-state index is 11.5. The number of aromatic nitrogens is 5. The fourth-order valence-corrected chi connectivity index (χ4v) is 3.18. The van der Waals surface area contributed by atoms with E-state index in [9.17, 15) is 4.79 Å². The molecular weight excluding hydrogens is 342 g/mol. The molecule has 0 aromatic carbocycles. The maximum absolute atomic E-state index is 11.5. The normalized spacial score (nSPS) is 11.3. The highest BCUT2D eigenvalue weighted by molar-refractivity contribution is 6.07. The topological polar surface area (TPSA) is 91.7 Å². The van der Waals surface area contributed by atoms with Crippen molar-refractivity contribution in [3.63, 3.8) is 0 Å². The summed E-state index contributed by atoms with van der Waals surface area (Å²) in [6.07, 6.45) is 1.79. The molecule has 0 aliphatic carbocycles. The van der Waals surface area contributed by atoms with Crippen LogP contribution in [-0.2, 0) is 18.4 Å². The van der Waals surface area contributed by atoms with E-state index in [1.807, 2.05) is 42.9 Å². The van der Waals surface area contributed by atoms with Crippen LogP contribution in [0.25, 0.3) is 33.5 Å². The van der Waals surface area contributed by atoms with Gasteiger partial charge < -0.3 is 19.8 Å². The van der Waals surface area contributed by atoms with Crippen molar-refractivity contribution >= 4 is 33.8 Å². The van der Waals surface area contributed by atoms with Crippen LogP contribution in [0.4, 0.5) is 5.82 Å². The van der Waals surface area contributed by atoms with Crippen LogP contribution < -0.4 is 5.32 Å². The Bertz CT molecular complexity index is 1160. The molecule has 8 nitrogen and oxygen atoms in total. The highest BCUT2D eigenvalue weighted by atomic mass is 16.2. The number of anilines is 1. The lowest BCUT2D eigenvalue weighted by atomic mass is 10.2. The van der Waals surface area contributed by atoms with E-state index >= 15 is 0 Å². The molecule has 0 saturated carbocycles. The Hall–Kier alpha value is -3.42. The number of fused-ring (bicyclic) bond motifs is 3. The zero-order valence-electron chi connectivity index (χ0n) is 15.7. The molecule has 2 N–H and O–H groups in total. The highest BCUT2D eigenvalue weighted by Crippen LogP contribution is 2.31. The number of pyridine rings is 2. The Morgan fingerprint density at radius 2 is 2.15 bits per heavy atom. The summed E-state index contributed by atoms with van der Waals surface area (Å²) in [5.74, 6) is 0.742. The molecule has 27 heavy (non-hydrogen) atoms. The molecule has 4 aromatic heterocycles. The van der Waals surface area contributed by atoms with Crippen molar-refractivity contribution in [1.82, 2.24) is 29.4 Å². The zero-order valence-corrected chi connectivity index (χ0v) is 15.7. The van der Waals surface area contributed by atoms with E-state index in [0.29, 0.717) is 6.54 Å². The molecule has 4 aromatic rings. The van der Waals surface area contributed by atoms with Crippen LogP contribution in [0, 0.1) is 0 Å². The summed E-state index contributed by atoms with van der Waals surface area (Å²) in [5, 5.41) is 4.10. The van der Waals surface area contributed by atoms with Crippen molar-refractivity contribution in [2.24, 2.45) is 7.05 Å². The Morgan fingerprint density at radius 3 is 2.89 bits per heavy atom. The average molecular weight is 363 g/mol. The van der Waals surface area contributed by atoms with Crippen LogP contribution in [-0.4, -0.2) is 49.4 Å². The van der Waals surface area contributed by atoms with Crippen molar-refractivity contribution in [2.75, 3.05) is 19.4 Å². The second-order valence-electron chi connectivity index (χ2n) is 6.60. The van der Waals surface area contributed by atoms with Gasteiger partial charge in [0.1, 0.15) is 11.2 Å². The zero-order chi connectivity index (χ0) is 19.1. The van der Waals surface area contributed by atoms with Gasteiger partial charge in [-0.15, -0.1) is 0 Å². The molecule has 4 rings (SSSR count). The van der Waals surface area contributed by atoms with E-state index in [1.54, 1.807) is 25.2 Å². The average Bonchev–Trinajstić information content (AvgIpc) is 3.24. The van der Waals surface area contributed by atoms with Crippen LogP contribution in [0.2, 0.25) is 0 Å². The number of nitrogens with one attached hydrogen (secondary N) is 2. The van der Waals surface area contributed by atoms with Gasteiger partial charge in [0.05, 0.1) is 35.5 Å². The number of imidazole rings is 1. The van der Waals surface area contributed by atoms with Crippen molar-refractivity contribution < 1.29 is 4.79 Å². The molecule has 0 radical (unpaired) electrons. The second kappa shape index (κ2) is 6.39. The monoisotopic (exact) mass is 363 g/mol. The van der Waals surface area contributed by atoms with Crippen molar-refractivity contribution in [2.45, 2.75) is 13.5 Å². The minimum atomic E-state index is 0.00945. The van der Waals surface area contributed by atoms with Gasteiger partial charge in [0.25, 0.3) is 0 Å². The Labute approximate surface area is 156 Å². The maximum Gasteiger partial charge on any atom is 0.219 e. The SMILES string of the molecule is CNc1nc2[nH]c(-c3cccc(CN(C)C(C)=O)n3)cc2c2c1ncn2C. The van der Waals surface area contributed by atoms with Crippen LogP contribution in [0.3, 0.4) is 0 Å². The summed E-state index contributed by atoms with van der Waals surface area (Å²) < 4.78 is 1.99. The van der Waals surface area contributed by atoms with Gasteiger partial charge in [-0.25, -0.2) is 15.0 Å². The summed E-state index contributed by atoms with van der Waals surface area (Å²) in [6, 6.07) is 7.86. The lowest BCUT2D eigenvalue weighted by Gasteiger charge is -2.14. The number of H-pyrrole nitrogens is 1. The summed E-state index contributed by atoms with van der Waals surface area (Å²) >= 11 is 0. The van der Waals surface area contributed by atoms with E-state index in [2.05, 4.69) is 20.3 Å². The molecule has 8 heteroatoms. The number of carbonyl (C=O) groups excluding carboxylic acids is 1.